The molecule has 0 aromatic heterocycles. The molecule has 14 heteroatoms. The Morgan fingerprint density at radius 1 is 0.500 bits per heavy atom. The fourth-order valence-corrected chi connectivity index (χ4v) is 8.90. The summed E-state index contributed by atoms with van der Waals surface area (Å²) in [6.07, 6.45) is -2.58. The topological polar surface area (TPSA) is 110 Å². The van der Waals surface area contributed by atoms with Crippen molar-refractivity contribution in [2.24, 2.45) is 16.3 Å². The number of rotatable bonds is 26. The minimum absolute atomic E-state index is 0.0590. The van der Waals surface area contributed by atoms with Crippen molar-refractivity contribution in [3.05, 3.63) is 0 Å². The summed E-state index contributed by atoms with van der Waals surface area (Å²) in [6, 6.07) is 1.38. The van der Waals surface area contributed by atoms with Crippen LogP contribution in [0.4, 0.5) is 0 Å². The average molecular weight is 798 g/mol. The molecule has 2 unspecified atom stereocenters. The van der Waals surface area contributed by atoms with Crippen LogP contribution >= 0.6 is 33.8 Å². The van der Waals surface area contributed by atoms with E-state index in [1.54, 1.807) is 0 Å². The van der Waals surface area contributed by atoms with E-state index in [-0.39, 0.29) is 83.7 Å². The summed E-state index contributed by atoms with van der Waals surface area (Å²) in [5.74, 6) is -0.233. The van der Waals surface area contributed by atoms with Gasteiger partial charge in [-0.3, -0.25) is 34.7 Å². The first-order chi connectivity index (χ1) is 23.7. The Labute approximate surface area is 331 Å². The first-order valence-corrected chi connectivity index (χ1v) is 21.8. The SMILES string of the molecule is CC(C)N(C(C)C)C(N(C(C)C)C(C)C)C(C)(C)C(=O)C(CS)OOP(N)OOC(CS)C(=O)C(C)(C)C(N(C(C)C)C(C)C)N(C(C)C)C(C)C. The molecule has 52 heavy (non-hydrogen) atoms. The van der Waals surface area contributed by atoms with Crippen molar-refractivity contribution in [3.8, 4) is 0 Å². The van der Waals surface area contributed by atoms with Crippen LogP contribution in [0.5, 0.6) is 0 Å². The van der Waals surface area contributed by atoms with Gasteiger partial charge in [-0.25, -0.2) is 9.78 Å². The van der Waals surface area contributed by atoms with Crippen molar-refractivity contribution >= 4 is 45.4 Å². The van der Waals surface area contributed by atoms with Crippen LogP contribution in [0.1, 0.15) is 138 Å². The average Bonchev–Trinajstić information content (AvgIpc) is 2.99. The molecule has 2 atom stereocenters. The van der Waals surface area contributed by atoms with Crippen LogP contribution < -0.4 is 5.50 Å². The highest BCUT2D eigenvalue weighted by Crippen LogP contribution is 2.39. The normalized spacial score (nSPS) is 15.7. The van der Waals surface area contributed by atoms with Crippen molar-refractivity contribution < 1.29 is 28.7 Å². The second-order valence-corrected chi connectivity index (χ2v) is 19.0. The predicted octanol–water partition coefficient (Wildman–Crippen LogP) is 7.98. The van der Waals surface area contributed by atoms with Crippen molar-refractivity contribution in [2.75, 3.05) is 11.5 Å². The van der Waals surface area contributed by atoms with Crippen LogP contribution in [0.15, 0.2) is 0 Å². The van der Waals surface area contributed by atoms with E-state index in [9.17, 15) is 9.59 Å². The van der Waals surface area contributed by atoms with Gasteiger partial charge in [0.15, 0.2) is 23.8 Å². The lowest BCUT2D eigenvalue weighted by Crippen LogP contribution is -2.66. The highest BCUT2D eigenvalue weighted by Gasteiger charge is 2.50. The predicted molar refractivity (Wildman–Crippen MR) is 224 cm³/mol. The molecule has 0 aliphatic carbocycles. The number of nitrogens with two attached hydrogens (primary N) is 1. The second kappa shape index (κ2) is 22.7. The highest BCUT2D eigenvalue weighted by atomic mass is 32.1. The van der Waals surface area contributed by atoms with Crippen molar-refractivity contribution in [1.82, 2.24) is 19.6 Å². The van der Waals surface area contributed by atoms with Crippen molar-refractivity contribution in [2.45, 2.75) is 211 Å². The van der Waals surface area contributed by atoms with Gasteiger partial charge >= 0.3 is 8.53 Å². The standard InChI is InChI=1S/C38H80N5O6PS2/c1-23(2)40(24(3)4)35(41(25(5)6)26(7)8)37(17,18)33(44)31(21-51)46-48-50(39)49-47-32(22-52)34(45)38(19,20)36(42(27(9)10)28(11)12)43(29(13)14)30(15)16/h23-32,35-36,51-52H,21-22,39H2,1-20H3. The molecule has 0 aromatic rings. The third-order valence-electron chi connectivity index (χ3n) is 9.84. The van der Waals surface area contributed by atoms with Crippen molar-refractivity contribution in [3.63, 3.8) is 0 Å². The van der Waals surface area contributed by atoms with E-state index in [0.29, 0.717) is 0 Å². The van der Waals surface area contributed by atoms with E-state index in [4.69, 9.17) is 24.6 Å². The number of carbonyl (C=O) groups is 2. The second-order valence-electron chi connectivity index (χ2n) is 17.4. The third-order valence-corrected chi connectivity index (χ3v) is 11.0. The highest BCUT2D eigenvalue weighted by molar-refractivity contribution is 7.80. The molecule has 0 aliphatic heterocycles. The lowest BCUT2D eigenvalue weighted by Gasteiger charge is -2.53. The molecule has 0 saturated carbocycles. The van der Waals surface area contributed by atoms with Crippen LogP contribution in [0.25, 0.3) is 0 Å². The molecule has 0 bridgehead atoms. The van der Waals surface area contributed by atoms with Gasteiger partial charge in [-0.15, -0.1) is 0 Å². The zero-order chi connectivity index (χ0) is 41.2. The minimum Gasteiger partial charge on any atom is -0.296 e. The molecule has 0 saturated heterocycles. The van der Waals surface area contributed by atoms with Gasteiger partial charge in [0, 0.05) is 59.8 Å². The molecule has 0 fully saturated rings. The monoisotopic (exact) mass is 798 g/mol. The van der Waals surface area contributed by atoms with Gasteiger partial charge in [-0.05, 0) is 138 Å². The quantitative estimate of drug-likeness (QED) is 0.0261. The van der Waals surface area contributed by atoms with Gasteiger partial charge in [0.2, 0.25) is 0 Å². The molecule has 0 rings (SSSR count). The number of ketones is 2. The third kappa shape index (κ3) is 13.6. The van der Waals surface area contributed by atoms with E-state index in [2.05, 4.69) is 156 Å². The first-order valence-electron chi connectivity index (χ1n) is 19.3. The number of carbonyl (C=O) groups excluding carboxylic acids is 2. The molecule has 0 aliphatic rings. The Kier molecular flexibility index (Phi) is 22.8. The largest absolute Gasteiger partial charge is 0.318 e. The maximum Gasteiger partial charge on any atom is 0.318 e. The zero-order valence-corrected chi connectivity index (χ0v) is 39.2. The van der Waals surface area contributed by atoms with Crippen LogP contribution in [-0.2, 0) is 28.7 Å². The minimum atomic E-state index is -2.30. The molecule has 11 nitrogen and oxygen atoms in total. The smallest absolute Gasteiger partial charge is 0.296 e. The maximum atomic E-state index is 14.4. The molecular weight excluding hydrogens is 718 g/mol. The fourth-order valence-electron chi connectivity index (χ4n) is 8.04. The summed E-state index contributed by atoms with van der Waals surface area (Å²) in [7, 11) is -2.30. The van der Waals surface area contributed by atoms with Crippen LogP contribution in [0.3, 0.4) is 0 Å². The van der Waals surface area contributed by atoms with Crippen LogP contribution in [0, 0.1) is 10.8 Å². The summed E-state index contributed by atoms with van der Waals surface area (Å²) in [4.78, 5) is 49.6. The number of thiol groups is 2. The number of Topliss-reactive ketones (excluding diaryl/α,β-unsaturated/α-hetero) is 2. The maximum absolute atomic E-state index is 14.4. The molecular formula is C38H80N5O6PS2. The van der Waals surface area contributed by atoms with Gasteiger partial charge < -0.3 is 0 Å². The van der Waals surface area contributed by atoms with Crippen LogP contribution in [0.2, 0.25) is 0 Å². The van der Waals surface area contributed by atoms with E-state index in [1.165, 1.54) is 0 Å². The van der Waals surface area contributed by atoms with Crippen LogP contribution in [-0.4, -0.2) is 116 Å². The number of hydrogen-bond acceptors (Lipinski definition) is 13. The number of hydrogen-bond donors (Lipinski definition) is 3. The zero-order valence-electron chi connectivity index (χ0n) is 36.5. The lowest BCUT2D eigenvalue weighted by molar-refractivity contribution is -0.281. The summed E-state index contributed by atoms with van der Waals surface area (Å²) in [5, 5.41) is 0. The summed E-state index contributed by atoms with van der Waals surface area (Å²) < 4.78 is 10.9. The molecule has 0 aromatic carbocycles. The number of nitrogens with zero attached hydrogens (tertiary/aromatic N) is 4. The van der Waals surface area contributed by atoms with Gasteiger partial charge in [-0.2, -0.15) is 34.6 Å². The lowest BCUT2D eigenvalue weighted by atomic mass is 9.79. The van der Waals surface area contributed by atoms with E-state index in [0.717, 1.165) is 0 Å². The Hall–Kier alpha value is 0.110. The molecule has 0 heterocycles. The Balaban J connectivity index is 6.25. The Bertz CT molecular complexity index is 911. The first kappa shape index (κ1) is 52.1. The summed E-state index contributed by atoms with van der Waals surface area (Å²) in [6.45, 7) is 42.3. The van der Waals surface area contributed by atoms with E-state index >= 15 is 0 Å². The van der Waals surface area contributed by atoms with E-state index < -0.39 is 31.6 Å². The Morgan fingerprint density at radius 3 is 0.846 bits per heavy atom. The van der Waals surface area contributed by atoms with E-state index in [1.807, 2.05) is 27.7 Å². The van der Waals surface area contributed by atoms with Crippen molar-refractivity contribution in [1.29, 1.82) is 0 Å². The van der Waals surface area contributed by atoms with Gasteiger partial charge in [-0.1, -0.05) is 0 Å². The van der Waals surface area contributed by atoms with Gasteiger partial charge in [0.1, 0.15) is 0 Å². The van der Waals surface area contributed by atoms with Gasteiger partial charge in [0.05, 0.1) is 23.2 Å². The van der Waals surface area contributed by atoms with Gasteiger partial charge in [0.25, 0.3) is 0 Å². The molecule has 0 radical (unpaired) electrons. The molecule has 310 valence electrons. The Morgan fingerprint density at radius 2 is 0.692 bits per heavy atom. The fraction of sp³-hybridized carbons (Fsp3) is 0.947. The summed E-state index contributed by atoms with van der Waals surface area (Å²) in [5.41, 5.74) is 4.39. The summed E-state index contributed by atoms with van der Waals surface area (Å²) >= 11 is 8.94. The molecule has 0 amide bonds. The molecule has 0 spiro atoms. The molecule has 2 N–H and O–H groups in total.